The van der Waals surface area contributed by atoms with Crippen LogP contribution in [0.3, 0.4) is 0 Å². The molecule has 0 bridgehead atoms. The molecule has 40 heavy (non-hydrogen) atoms. The summed E-state index contributed by atoms with van der Waals surface area (Å²) >= 11 is 1.54. The number of fused-ring (bicyclic) bond motifs is 1. The maximum Gasteiger partial charge on any atom is 0.334 e. The van der Waals surface area contributed by atoms with Gasteiger partial charge in [0, 0.05) is 48.0 Å². The van der Waals surface area contributed by atoms with E-state index in [1.54, 1.807) is 25.1 Å². The van der Waals surface area contributed by atoms with Crippen LogP contribution >= 0.6 is 11.3 Å². The Hall–Kier alpha value is -3.72. The number of carbonyl (C=O) groups is 2. The second-order valence-electron chi connectivity index (χ2n) is 10.3. The van der Waals surface area contributed by atoms with E-state index < -0.39 is 18.0 Å². The summed E-state index contributed by atoms with van der Waals surface area (Å²) in [6, 6.07) is 5.70. The number of ether oxygens (including phenoxy) is 3. The van der Waals surface area contributed by atoms with Crippen LogP contribution < -0.4 is 9.47 Å². The number of aromatic nitrogens is 2. The van der Waals surface area contributed by atoms with Gasteiger partial charge in [-0.05, 0) is 43.9 Å². The number of allylic oxidation sites excluding steroid dienone is 1. The van der Waals surface area contributed by atoms with Gasteiger partial charge in [0.05, 0.1) is 31.3 Å². The third kappa shape index (κ3) is 6.04. The zero-order valence-electron chi connectivity index (χ0n) is 24.0. The van der Waals surface area contributed by atoms with Crippen LogP contribution in [0.15, 0.2) is 47.9 Å². The highest BCUT2D eigenvalue weighted by Crippen LogP contribution is 2.39. The van der Waals surface area contributed by atoms with E-state index in [1.165, 1.54) is 18.4 Å². The van der Waals surface area contributed by atoms with E-state index in [0.29, 0.717) is 35.9 Å². The second kappa shape index (κ2) is 12.6. The Bertz CT molecular complexity index is 1440. The van der Waals surface area contributed by atoms with Crippen molar-refractivity contribution < 1.29 is 23.8 Å². The number of pyridine rings is 1. The summed E-state index contributed by atoms with van der Waals surface area (Å²) in [6.45, 7) is 10.5. The lowest BCUT2D eigenvalue weighted by molar-refractivity contribution is -0.140. The molecule has 1 aliphatic rings. The van der Waals surface area contributed by atoms with Gasteiger partial charge in [-0.1, -0.05) is 19.9 Å². The zero-order valence-corrected chi connectivity index (χ0v) is 24.8. The van der Waals surface area contributed by atoms with E-state index in [4.69, 9.17) is 24.2 Å². The molecule has 8 nitrogen and oxygen atoms in total. The number of nitrogens with zero attached hydrogens (tertiary/aromatic N) is 3. The van der Waals surface area contributed by atoms with Crippen molar-refractivity contribution in [3.63, 3.8) is 0 Å². The van der Waals surface area contributed by atoms with E-state index in [1.807, 2.05) is 31.2 Å². The number of aryl methyl sites for hydroxylation is 1. The molecule has 0 aliphatic heterocycles. The van der Waals surface area contributed by atoms with Crippen molar-refractivity contribution in [1.82, 2.24) is 14.9 Å². The third-order valence-electron chi connectivity index (χ3n) is 7.18. The van der Waals surface area contributed by atoms with E-state index >= 15 is 0 Å². The zero-order chi connectivity index (χ0) is 29.0. The van der Waals surface area contributed by atoms with Crippen molar-refractivity contribution >= 4 is 34.1 Å². The maximum absolute atomic E-state index is 13.4. The number of amides is 1. The Morgan fingerprint density at radius 2 is 2.00 bits per heavy atom. The van der Waals surface area contributed by atoms with Gasteiger partial charge in [0.25, 0.3) is 0 Å². The predicted molar refractivity (Wildman–Crippen MR) is 158 cm³/mol. The van der Waals surface area contributed by atoms with Crippen LogP contribution in [0.5, 0.6) is 11.5 Å². The molecule has 0 spiro atoms. The van der Waals surface area contributed by atoms with Gasteiger partial charge in [0.2, 0.25) is 5.91 Å². The molecular weight excluding hydrogens is 526 g/mol. The summed E-state index contributed by atoms with van der Waals surface area (Å²) < 4.78 is 17.1. The topological polar surface area (TPSA) is 90.9 Å². The summed E-state index contributed by atoms with van der Waals surface area (Å²) in [5, 5.41) is 3.66. The van der Waals surface area contributed by atoms with Crippen molar-refractivity contribution in [3.05, 3.63) is 59.1 Å². The van der Waals surface area contributed by atoms with Crippen LogP contribution in [0, 0.1) is 12.8 Å². The average Bonchev–Trinajstić information content (AvgIpc) is 3.61. The molecule has 0 saturated carbocycles. The smallest absolute Gasteiger partial charge is 0.334 e. The standard InChI is InChI=1S/C31H37N3O5S/c1-8-9-10-13-34(5)30(35)22-14-20(15-23(22)31(36)38-7)39-27-16-24(29-33-25(17-40-29)18(2)3)32-28-19(4)26(37-6)12-11-21(27)28/h8,11-12,15-18,20,22H,1,9-10,13-14H2,2-7H3/t20-,22+/m0/s1. The Kier molecular flexibility index (Phi) is 9.25. The van der Waals surface area contributed by atoms with Crippen LogP contribution in [-0.2, 0) is 14.3 Å². The number of benzene rings is 1. The van der Waals surface area contributed by atoms with Crippen molar-refractivity contribution in [2.75, 3.05) is 27.8 Å². The Labute approximate surface area is 239 Å². The number of thiazole rings is 1. The van der Waals surface area contributed by atoms with Gasteiger partial charge in [-0.15, -0.1) is 17.9 Å². The highest BCUT2D eigenvalue weighted by Gasteiger charge is 2.38. The lowest BCUT2D eigenvalue weighted by atomic mass is 9.99. The number of carbonyl (C=O) groups excluding carboxylic acids is 2. The molecule has 2 heterocycles. The Morgan fingerprint density at radius 3 is 2.65 bits per heavy atom. The fourth-order valence-corrected chi connectivity index (χ4v) is 5.82. The quantitative estimate of drug-likeness (QED) is 0.158. The van der Waals surface area contributed by atoms with E-state index in [2.05, 4.69) is 25.8 Å². The molecule has 212 valence electrons. The van der Waals surface area contributed by atoms with Crippen LogP contribution in [0.1, 0.15) is 50.3 Å². The van der Waals surface area contributed by atoms with Crippen molar-refractivity contribution in [1.29, 1.82) is 0 Å². The van der Waals surface area contributed by atoms with Crippen molar-refractivity contribution in [2.45, 2.75) is 52.1 Å². The summed E-state index contributed by atoms with van der Waals surface area (Å²) in [7, 11) is 4.71. The van der Waals surface area contributed by atoms with Gasteiger partial charge in [0.1, 0.15) is 28.3 Å². The van der Waals surface area contributed by atoms with Crippen LogP contribution in [0.4, 0.5) is 0 Å². The fraction of sp³-hybridized carbons (Fsp3) is 0.419. The van der Waals surface area contributed by atoms with Crippen molar-refractivity contribution in [2.24, 2.45) is 5.92 Å². The van der Waals surface area contributed by atoms with Crippen LogP contribution in [0.2, 0.25) is 0 Å². The molecule has 0 saturated heterocycles. The number of hydrogen-bond acceptors (Lipinski definition) is 8. The molecule has 4 rings (SSSR count). The monoisotopic (exact) mass is 563 g/mol. The van der Waals surface area contributed by atoms with E-state index in [9.17, 15) is 9.59 Å². The first kappa shape index (κ1) is 29.3. The first-order valence-electron chi connectivity index (χ1n) is 13.4. The molecule has 0 unspecified atom stereocenters. The Balaban J connectivity index is 1.71. The molecule has 1 aromatic carbocycles. The lowest BCUT2D eigenvalue weighted by Crippen LogP contribution is -2.35. The van der Waals surface area contributed by atoms with Gasteiger partial charge in [-0.2, -0.15) is 0 Å². The molecule has 9 heteroatoms. The summed E-state index contributed by atoms with van der Waals surface area (Å²) in [5.74, 6) is 0.334. The lowest BCUT2D eigenvalue weighted by Gasteiger charge is -2.23. The molecule has 2 atom stereocenters. The molecule has 2 aromatic heterocycles. The number of methoxy groups -OCH3 is 2. The molecule has 1 aliphatic carbocycles. The van der Waals surface area contributed by atoms with Gasteiger partial charge < -0.3 is 19.1 Å². The normalized spacial score (nSPS) is 16.6. The predicted octanol–water partition coefficient (Wildman–Crippen LogP) is 6.09. The molecule has 0 radical (unpaired) electrons. The maximum atomic E-state index is 13.4. The van der Waals surface area contributed by atoms with Crippen LogP contribution in [0.25, 0.3) is 21.6 Å². The molecule has 3 aromatic rings. The molecule has 1 amide bonds. The average molecular weight is 564 g/mol. The van der Waals surface area contributed by atoms with E-state index in [-0.39, 0.29) is 5.91 Å². The van der Waals surface area contributed by atoms with Gasteiger partial charge in [0.15, 0.2) is 0 Å². The third-order valence-corrected chi connectivity index (χ3v) is 8.07. The highest BCUT2D eigenvalue weighted by atomic mass is 32.1. The van der Waals surface area contributed by atoms with Gasteiger partial charge in [-0.3, -0.25) is 4.79 Å². The number of esters is 1. The largest absolute Gasteiger partial charge is 0.496 e. The minimum atomic E-state index is -0.645. The number of rotatable bonds is 11. The molecule has 0 fully saturated rings. The SMILES string of the molecule is C=CCCCN(C)C(=O)[C@@H]1C[C@H](Oc2cc(-c3nc(C(C)C)cs3)nc3c(C)c(OC)ccc23)C=C1C(=O)OC. The minimum absolute atomic E-state index is 0.128. The first-order valence-corrected chi connectivity index (χ1v) is 14.3. The number of hydrogen-bond donors (Lipinski definition) is 0. The van der Waals surface area contributed by atoms with Gasteiger partial charge >= 0.3 is 5.97 Å². The van der Waals surface area contributed by atoms with Gasteiger partial charge in [-0.25, -0.2) is 14.8 Å². The summed E-state index contributed by atoms with van der Waals surface area (Å²) in [6.07, 6.45) is 4.99. The van der Waals surface area contributed by atoms with Crippen molar-refractivity contribution in [3.8, 4) is 22.2 Å². The Morgan fingerprint density at radius 1 is 1.23 bits per heavy atom. The fourth-order valence-electron chi connectivity index (χ4n) is 4.88. The van der Waals surface area contributed by atoms with Crippen LogP contribution in [-0.4, -0.2) is 60.7 Å². The van der Waals surface area contributed by atoms with E-state index in [0.717, 1.165) is 45.8 Å². The first-order chi connectivity index (χ1) is 19.2. The summed E-state index contributed by atoms with van der Waals surface area (Å²) in [5.41, 5.74) is 3.66. The minimum Gasteiger partial charge on any atom is -0.496 e. The highest BCUT2D eigenvalue weighted by molar-refractivity contribution is 7.13. The molecule has 0 N–H and O–H groups in total. The number of unbranched alkanes of at least 4 members (excludes halogenated alkanes) is 1. The second-order valence-corrected chi connectivity index (χ2v) is 11.1. The molecular formula is C31H37N3O5S. The summed E-state index contributed by atoms with van der Waals surface area (Å²) in [4.78, 5) is 37.4.